The molecule has 0 saturated heterocycles. The van der Waals surface area contributed by atoms with Crippen LogP contribution in [-0.4, -0.2) is 36.1 Å². The summed E-state index contributed by atoms with van der Waals surface area (Å²) in [6.45, 7) is 2.87. The monoisotopic (exact) mass is 364 g/mol. The van der Waals surface area contributed by atoms with Gasteiger partial charge in [0, 0.05) is 6.61 Å². The number of hydrogen-bond acceptors (Lipinski definition) is 3. The summed E-state index contributed by atoms with van der Waals surface area (Å²) in [6.07, 6.45) is 28.5. The summed E-state index contributed by atoms with van der Waals surface area (Å²) in [5.41, 5.74) is 0. The Labute approximate surface area is 161 Å². The summed E-state index contributed by atoms with van der Waals surface area (Å²) in [5, 5.41) is 17.8. The fourth-order valence-electron chi connectivity index (χ4n) is 2.30. The maximum atomic E-state index is 9.11. The van der Waals surface area contributed by atoms with Crippen LogP contribution in [0.2, 0.25) is 0 Å². The fourth-order valence-corrected chi connectivity index (χ4v) is 2.30. The molecule has 0 aromatic carbocycles. The number of ether oxygens (including phenoxy) is 1. The van der Waals surface area contributed by atoms with Crippen molar-refractivity contribution >= 4 is 0 Å². The fraction of sp³-hybridized carbons (Fsp3) is 0.652. The van der Waals surface area contributed by atoms with Crippen LogP contribution >= 0.6 is 0 Å². The van der Waals surface area contributed by atoms with Gasteiger partial charge in [0.15, 0.2) is 0 Å². The summed E-state index contributed by atoms with van der Waals surface area (Å²) in [5.74, 6) is 0. The van der Waals surface area contributed by atoms with Gasteiger partial charge in [-0.3, -0.25) is 0 Å². The van der Waals surface area contributed by atoms with Crippen molar-refractivity contribution in [3.05, 3.63) is 48.6 Å². The zero-order chi connectivity index (χ0) is 19.1. The van der Waals surface area contributed by atoms with E-state index < -0.39 is 6.10 Å². The predicted octanol–water partition coefficient (Wildman–Crippen LogP) is 5.50. The number of hydrogen-bond donors (Lipinski definition) is 2. The molecule has 0 aliphatic rings. The molecule has 0 aromatic heterocycles. The van der Waals surface area contributed by atoms with Crippen LogP contribution in [0.3, 0.4) is 0 Å². The molecule has 2 N–H and O–H groups in total. The summed E-state index contributed by atoms with van der Waals surface area (Å²) in [7, 11) is 0. The number of unbranched alkanes of at least 4 members (excludes halogenated alkanes) is 5. The molecular formula is C23H40O3. The lowest BCUT2D eigenvalue weighted by atomic mass is 10.2. The van der Waals surface area contributed by atoms with E-state index in [9.17, 15) is 0 Å². The standard InChI is InChI=1S/C23H40O3/c1-2-3-4-5-6-7-8-9-10-11-12-13-14-15-16-17-18-19-20-26-22-23(25)21-24/h6-7,9-10,12-13,15-16,23-25H,2-5,8,11,14,17-22H2,1H3/b7-6-,10-9-,13-12-,16-15-/t23-/m1/s1. The molecule has 150 valence electrons. The number of aliphatic hydroxyl groups is 2. The first-order valence-electron chi connectivity index (χ1n) is 10.3. The van der Waals surface area contributed by atoms with Gasteiger partial charge in [-0.05, 0) is 51.4 Å². The van der Waals surface area contributed by atoms with Crippen LogP contribution < -0.4 is 0 Å². The van der Waals surface area contributed by atoms with Gasteiger partial charge in [-0.2, -0.15) is 0 Å². The molecule has 0 amide bonds. The third-order valence-electron chi connectivity index (χ3n) is 3.89. The van der Waals surface area contributed by atoms with Crippen molar-refractivity contribution in [1.82, 2.24) is 0 Å². The quantitative estimate of drug-likeness (QED) is 0.249. The Morgan fingerprint density at radius 1 is 0.731 bits per heavy atom. The molecule has 0 aliphatic heterocycles. The third-order valence-corrected chi connectivity index (χ3v) is 3.89. The van der Waals surface area contributed by atoms with Crippen LogP contribution in [0.25, 0.3) is 0 Å². The molecule has 0 saturated carbocycles. The van der Waals surface area contributed by atoms with Crippen molar-refractivity contribution in [3.8, 4) is 0 Å². The van der Waals surface area contributed by atoms with Crippen LogP contribution in [0, 0.1) is 0 Å². The first-order valence-corrected chi connectivity index (χ1v) is 10.3. The van der Waals surface area contributed by atoms with Gasteiger partial charge in [-0.1, -0.05) is 68.4 Å². The minimum absolute atomic E-state index is 0.223. The van der Waals surface area contributed by atoms with Crippen LogP contribution in [-0.2, 0) is 4.74 Å². The lowest BCUT2D eigenvalue weighted by Crippen LogP contribution is -2.19. The molecule has 3 heteroatoms. The average Bonchev–Trinajstić information content (AvgIpc) is 2.66. The Morgan fingerprint density at radius 3 is 1.73 bits per heavy atom. The van der Waals surface area contributed by atoms with E-state index in [1.807, 2.05) is 0 Å². The maximum absolute atomic E-state index is 9.11. The molecule has 0 spiro atoms. The zero-order valence-electron chi connectivity index (χ0n) is 16.7. The van der Waals surface area contributed by atoms with Crippen molar-refractivity contribution in [3.63, 3.8) is 0 Å². The number of allylic oxidation sites excluding steroid dienone is 8. The van der Waals surface area contributed by atoms with E-state index in [0.29, 0.717) is 6.61 Å². The topological polar surface area (TPSA) is 49.7 Å². The smallest absolute Gasteiger partial charge is 0.100 e. The first-order chi connectivity index (χ1) is 12.8. The molecule has 0 bridgehead atoms. The highest BCUT2D eigenvalue weighted by atomic mass is 16.5. The normalized spacial score (nSPS) is 13.8. The second-order valence-corrected chi connectivity index (χ2v) is 6.50. The lowest BCUT2D eigenvalue weighted by Gasteiger charge is -2.07. The third kappa shape index (κ3) is 20.9. The Hall–Kier alpha value is -1.16. The van der Waals surface area contributed by atoms with E-state index >= 15 is 0 Å². The molecule has 0 fully saturated rings. The van der Waals surface area contributed by atoms with Gasteiger partial charge >= 0.3 is 0 Å². The number of aliphatic hydroxyl groups excluding tert-OH is 2. The SMILES string of the molecule is CCCCC/C=C\C/C=C\C/C=C\C/C=C\CCCCOC[C@H](O)CO. The van der Waals surface area contributed by atoms with Crippen molar-refractivity contribution in [2.24, 2.45) is 0 Å². The predicted molar refractivity (Wildman–Crippen MR) is 112 cm³/mol. The minimum atomic E-state index is -0.747. The van der Waals surface area contributed by atoms with Crippen LogP contribution in [0.5, 0.6) is 0 Å². The molecule has 1 atom stereocenters. The molecule has 26 heavy (non-hydrogen) atoms. The van der Waals surface area contributed by atoms with Crippen molar-refractivity contribution in [1.29, 1.82) is 0 Å². The molecular weight excluding hydrogens is 324 g/mol. The summed E-state index contributed by atoms with van der Waals surface area (Å²) in [4.78, 5) is 0. The van der Waals surface area contributed by atoms with Crippen molar-refractivity contribution in [2.75, 3.05) is 19.8 Å². The van der Waals surface area contributed by atoms with Crippen LogP contribution in [0.4, 0.5) is 0 Å². The second-order valence-electron chi connectivity index (χ2n) is 6.50. The van der Waals surface area contributed by atoms with Crippen LogP contribution in [0.15, 0.2) is 48.6 Å². The highest BCUT2D eigenvalue weighted by molar-refractivity contribution is 4.99. The Morgan fingerprint density at radius 2 is 1.23 bits per heavy atom. The van der Waals surface area contributed by atoms with E-state index in [4.69, 9.17) is 14.9 Å². The van der Waals surface area contributed by atoms with Gasteiger partial charge in [-0.25, -0.2) is 0 Å². The second kappa shape index (κ2) is 21.9. The lowest BCUT2D eigenvalue weighted by molar-refractivity contribution is 0.00541. The number of rotatable bonds is 18. The average molecular weight is 365 g/mol. The van der Waals surface area contributed by atoms with E-state index in [2.05, 4.69) is 55.5 Å². The molecule has 0 rings (SSSR count). The summed E-state index contributed by atoms with van der Waals surface area (Å²) in [6, 6.07) is 0. The van der Waals surface area contributed by atoms with Gasteiger partial charge in [0.25, 0.3) is 0 Å². The van der Waals surface area contributed by atoms with Gasteiger partial charge in [0.1, 0.15) is 6.10 Å². The van der Waals surface area contributed by atoms with Gasteiger partial charge in [0.05, 0.1) is 13.2 Å². The zero-order valence-corrected chi connectivity index (χ0v) is 16.7. The molecule has 3 nitrogen and oxygen atoms in total. The Kier molecular flexibility index (Phi) is 20.9. The van der Waals surface area contributed by atoms with Gasteiger partial charge in [0.2, 0.25) is 0 Å². The largest absolute Gasteiger partial charge is 0.394 e. The van der Waals surface area contributed by atoms with E-state index in [0.717, 1.165) is 38.5 Å². The van der Waals surface area contributed by atoms with Crippen molar-refractivity contribution in [2.45, 2.75) is 77.2 Å². The van der Waals surface area contributed by atoms with E-state index in [-0.39, 0.29) is 13.2 Å². The maximum Gasteiger partial charge on any atom is 0.100 e. The van der Waals surface area contributed by atoms with Gasteiger partial charge < -0.3 is 14.9 Å². The van der Waals surface area contributed by atoms with E-state index in [1.165, 1.54) is 25.7 Å². The Bertz CT molecular complexity index is 383. The molecule has 0 heterocycles. The summed E-state index contributed by atoms with van der Waals surface area (Å²) < 4.78 is 5.26. The molecule has 0 aliphatic carbocycles. The highest BCUT2D eigenvalue weighted by Gasteiger charge is 2.00. The van der Waals surface area contributed by atoms with Crippen molar-refractivity contribution < 1.29 is 14.9 Å². The molecule has 0 radical (unpaired) electrons. The minimum Gasteiger partial charge on any atom is -0.394 e. The Balaban J connectivity index is 3.36. The van der Waals surface area contributed by atoms with Crippen LogP contribution in [0.1, 0.15) is 71.1 Å². The molecule has 0 unspecified atom stereocenters. The first kappa shape index (κ1) is 24.8. The van der Waals surface area contributed by atoms with Gasteiger partial charge in [-0.15, -0.1) is 0 Å². The van der Waals surface area contributed by atoms with E-state index in [1.54, 1.807) is 0 Å². The molecule has 0 aromatic rings. The summed E-state index contributed by atoms with van der Waals surface area (Å²) >= 11 is 0. The highest BCUT2D eigenvalue weighted by Crippen LogP contribution is 2.01.